The largest absolute Gasteiger partial charge is 0.493 e. The maximum absolute atomic E-state index is 5.47. The first-order valence-corrected chi connectivity index (χ1v) is 5.76. The van der Waals surface area contributed by atoms with Crippen LogP contribution in [0.2, 0.25) is 0 Å². The average Bonchev–Trinajstić information content (AvgIpc) is 2.75. The van der Waals surface area contributed by atoms with Crippen molar-refractivity contribution in [1.29, 1.82) is 0 Å². The van der Waals surface area contributed by atoms with E-state index in [1.165, 1.54) is 5.56 Å². The topological polar surface area (TPSA) is 30.5 Å². The fourth-order valence-corrected chi connectivity index (χ4v) is 1.86. The first kappa shape index (κ1) is 11.3. The zero-order valence-corrected chi connectivity index (χ0v) is 10.1. The zero-order chi connectivity index (χ0) is 11.5. The summed E-state index contributed by atoms with van der Waals surface area (Å²) in [6.07, 6.45) is 1.21. The number of rotatable bonds is 4. The van der Waals surface area contributed by atoms with Gasteiger partial charge in [-0.1, -0.05) is 0 Å². The normalized spacial score (nSPS) is 17.4. The Kier molecular flexibility index (Phi) is 3.34. The van der Waals surface area contributed by atoms with Gasteiger partial charge in [-0.15, -0.1) is 0 Å². The quantitative estimate of drug-likeness (QED) is 0.847. The fourth-order valence-electron chi connectivity index (χ4n) is 1.86. The summed E-state index contributed by atoms with van der Waals surface area (Å²) in [5.74, 6) is 1.03. The van der Waals surface area contributed by atoms with E-state index in [1.54, 1.807) is 7.11 Å². The van der Waals surface area contributed by atoms with Crippen LogP contribution >= 0.6 is 0 Å². The van der Waals surface area contributed by atoms with Crippen LogP contribution in [0.5, 0.6) is 5.75 Å². The zero-order valence-electron chi connectivity index (χ0n) is 10.1. The van der Waals surface area contributed by atoms with Crippen LogP contribution in [-0.2, 0) is 11.2 Å². The molecule has 0 bridgehead atoms. The Morgan fingerprint density at radius 1 is 1.38 bits per heavy atom. The highest BCUT2D eigenvalue weighted by molar-refractivity contribution is 5.52. The van der Waals surface area contributed by atoms with Crippen LogP contribution in [0.3, 0.4) is 0 Å². The number of hydrogen-bond donors (Lipinski definition) is 1. The monoisotopic (exact) mass is 221 g/mol. The lowest BCUT2D eigenvalue weighted by atomic mass is 10.1. The Hall–Kier alpha value is -1.22. The number of ether oxygens (including phenoxy) is 2. The number of methoxy groups -OCH3 is 1. The van der Waals surface area contributed by atoms with Crippen LogP contribution in [0.1, 0.15) is 19.4 Å². The van der Waals surface area contributed by atoms with Gasteiger partial charge in [0.2, 0.25) is 0 Å². The Balaban J connectivity index is 2.05. The minimum Gasteiger partial charge on any atom is -0.493 e. The third-order valence-corrected chi connectivity index (χ3v) is 3.16. The molecule has 1 aromatic carbocycles. The summed E-state index contributed by atoms with van der Waals surface area (Å²) in [6.45, 7) is 4.99. The lowest BCUT2D eigenvalue weighted by molar-refractivity contribution is 0.106. The molecule has 0 saturated heterocycles. The average molecular weight is 221 g/mol. The van der Waals surface area contributed by atoms with Gasteiger partial charge >= 0.3 is 0 Å². The lowest BCUT2D eigenvalue weighted by Crippen LogP contribution is -2.29. The van der Waals surface area contributed by atoms with Gasteiger partial charge in [0.15, 0.2) is 0 Å². The lowest BCUT2D eigenvalue weighted by Gasteiger charge is -2.21. The van der Waals surface area contributed by atoms with Crippen molar-refractivity contribution in [2.24, 2.45) is 0 Å². The summed E-state index contributed by atoms with van der Waals surface area (Å²) in [5, 5.41) is 3.44. The highest BCUT2D eigenvalue weighted by atomic mass is 16.5. The molecule has 0 radical (unpaired) electrons. The SMILES string of the molecule is COC(C)C(C)Nc1ccc2c(c1)CCO2. The molecule has 2 unspecified atom stereocenters. The Bertz CT molecular complexity index is 365. The van der Waals surface area contributed by atoms with E-state index >= 15 is 0 Å². The molecule has 0 fully saturated rings. The van der Waals surface area contributed by atoms with E-state index in [2.05, 4.69) is 31.3 Å². The van der Waals surface area contributed by atoms with Crippen molar-refractivity contribution in [2.45, 2.75) is 32.4 Å². The molecule has 2 rings (SSSR count). The molecule has 0 amide bonds. The third-order valence-electron chi connectivity index (χ3n) is 3.16. The van der Waals surface area contributed by atoms with Crippen molar-refractivity contribution in [2.75, 3.05) is 19.0 Å². The third kappa shape index (κ3) is 2.30. The number of fused-ring (bicyclic) bond motifs is 1. The molecular weight excluding hydrogens is 202 g/mol. The first-order chi connectivity index (χ1) is 7.70. The van der Waals surface area contributed by atoms with Crippen molar-refractivity contribution >= 4 is 5.69 Å². The van der Waals surface area contributed by atoms with Gasteiger partial charge in [-0.25, -0.2) is 0 Å². The summed E-state index contributed by atoms with van der Waals surface area (Å²) in [5.41, 5.74) is 2.43. The van der Waals surface area contributed by atoms with Gasteiger partial charge in [0.25, 0.3) is 0 Å². The minimum absolute atomic E-state index is 0.199. The van der Waals surface area contributed by atoms with Crippen LogP contribution in [0, 0.1) is 0 Å². The Morgan fingerprint density at radius 2 is 2.19 bits per heavy atom. The van der Waals surface area contributed by atoms with Gasteiger partial charge in [0, 0.05) is 25.3 Å². The predicted molar refractivity (Wildman–Crippen MR) is 65.2 cm³/mol. The second-order valence-corrected chi connectivity index (χ2v) is 4.29. The Labute approximate surface area is 96.8 Å². The summed E-state index contributed by atoms with van der Waals surface area (Å²) in [4.78, 5) is 0. The van der Waals surface area contributed by atoms with Gasteiger partial charge in [0.05, 0.1) is 12.7 Å². The molecule has 2 atom stereocenters. The second-order valence-electron chi connectivity index (χ2n) is 4.29. The van der Waals surface area contributed by atoms with E-state index in [9.17, 15) is 0 Å². The molecule has 3 nitrogen and oxygen atoms in total. The first-order valence-electron chi connectivity index (χ1n) is 5.76. The molecule has 0 saturated carbocycles. The molecule has 16 heavy (non-hydrogen) atoms. The molecule has 1 aliphatic heterocycles. The summed E-state index contributed by atoms with van der Waals surface area (Å²) in [6, 6.07) is 6.56. The number of nitrogens with one attached hydrogen (secondary N) is 1. The molecule has 1 aromatic rings. The number of hydrogen-bond acceptors (Lipinski definition) is 3. The van der Waals surface area contributed by atoms with Gasteiger partial charge in [-0.05, 0) is 37.6 Å². The van der Waals surface area contributed by atoms with Crippen LogP contribution in [0.25, 0.3) is 0 Å². The van der Waals surface area contributed by atoms with Crippen molar-refractivity contribution in [3.63, 3.8) is 0 Å². The van der Waals surface area contributed by atoms with Crippen LogP contribution in [-0.4, -0.2) is 25.9 Å². The fraction of sp³-hybridized carbons (Fsp3) is 0.538. The number of anilines is 1. The summed E-state index contributed by atoms with van der Waals surface area (Å²) < 4.78 is 10.8. The maximum atomic E-state index is 5.47. The van der Waals surface area contributed by atoms with E-state index in [0.29, 0.717) is 6.04 Å². The van der Waals surface area contributed by atoms with Gasteiger partial charge in [-0.3, -0.25) is 0 Å². The smallest absolute Gasteiger partial charge is 0.122 e. The predicted octanol–water partition coefficient (Wildman–Crippen LogP) is 2.46. The van der Waals surface area contributed by atoms with E-state index in [1.807, 2.05) is 6.07 Å². The molecule has 1 aliphatic rings. The van der Waals surface area contributed by atoms with Crippen LogP contribution in [0.4, 0.5) is 5.69 Å². The van der Waals surface area contributed by atoms with Crippen LogP contribution < -0.4 is 10.1 Å². The van der Waals surface area contributed by atoms with E-state index < -0.39 is 0 Å². The van der Waals surface area contributed by atoms with Crippen molar-refractivity contribution in [1.82, 2.24) is 0 Å². The summed E-state index contributed by atoms with van der Waals surface area (Å²) >= 11 is 0. The van der Waals surface area contributed by atoms with E-state index in [-0.39, 0.29) is 6.10 Å². The van der Waals surface area contributed by atoms with Crippen molar-refractivity contribution in [3.8, 4) is 5.75 Å². The van der Waals surface area contributed by atoms with Crippen molar-refractivity contribution in [3.05, 3.63) is 23.8 Å². The Morgan fingerprint density at radius 3 is 2.94 bits per heavy atom. The second kappa shape index (κ2) is 4.74. The van der Waals surface area contributed by atoms with Crippen molar-refractivity contribution < 1.29 is 9.47 Å². The van der Waals surface area contributed by atoms with Crippen LogP contribution in [0.15, 0.2) is 18.2 Å². The van der Waals surface area contributed by atoms with E-state index in [4.69, 9.17) is 9.47 Å². The van der Waals surface area contributed by atoms with E-state index in [0.717, 1.165) is 24.5 Å². The van der Waals surface area contributed by atoms with Gasteiger partial charge in [0.1, 0.15) is 5.75 Å². The number of benzene rings is 1. The maximum Gasteiger partial charge on any atom is 0.122 e. The van der Waals surface area contributed by atoms with Gasteiger partial charge in [-0.2, -0.15) is 0 Å². The molecule has 0 aliphatic carbocycles. The standard InChI is InChI=1S/C13H19NO2/c1-9(10(2)15-3)14-12-4-5-13-11(8-12)6-7-16-13/h4-5,8-10,14H,6-7H2,1-3H3. The summed E-state index contributed by atoms with van der Waals surface area (Å²) in [7, 11) is 1.74. The molecule has 1 N–H and O–H groups in total. The molecule has 3 heteroatoms. The minimum atomic E-state index is 0.199. The van der Waals surface area contributed by atoms with Gasteiger partial charge < -0.3 is 14.8 Å². The molecular formula is C13H19NO2. The molecule has 1 heterocycles. The molecule has 0 aromatic heterocycles. The highest BCUT2D eigenvalue weighted by Gasteiger charge is 2.14. The molecule has 0 spiro atoms. The highest BCUT2D eigenvalue weighted by Crippen LogP contribution is 2.28. The molecule has 88 valence electrons.